The second kappa shape index (κ2) is 8.16. The summed E-state index contributed by atoms with van der Waals surface area (Å²) in [5, 5.41) is 2.49. The number of unbranched alkanes of at least 4 members (excludes halogenated alkanes) is 2. The Hall–Kier alpha value is -0.980. The molecule has 92 valence electrons. The number of nitrogens with zero attached hydrogens (tertiary/aromatic N) is 1. The molecular weight excluding hydrogens is 226 g/mol. The van der Waals surface area contributed by atoms with Crippen LogP contribution in [0, 0.1) is 0 Å². The van der Waals surface area contributed by atoms with Gasteiger partial charge in [-0.2, -0.15) is 4.99 Å². The average molecular weight is 247 g/mol. The zero-order chi connectivity index (χ0) is 12.5. The molecular formula is C15H21NS. The van der Waals surface area contributed by atoms with Crippen LogP contribution >= 0.6 is 12.2 Å². The topological polar surface area (TPSA) is 12.4 Å². The van der Waals surface area contributed by atoms with E-state index < -0.39 is 0 Å². The van der Waals surface area contributed by atoms with Crippen LogP contribution in [-0.2, 0) is 12.8 Å². The summed E-state index contributed by atoms with van der Waals surface area (Å²) in [6, 6.07) is 6.34. The molecule has 0 unspecified atom stereocenters. The number of aliphatic imine (C=N–C) groups is 1. The van der Waals surface area contributed by atoms with Gasteiger partial charge in [0.05, 0.1) is 10.8 Å². The van der Waals surface area contributed by atoms with E-state index in [0.717, 1.165) is 18.5 Å². The highest BCUT2D eigenvalue weighted by Crippen LogP contribution is 2.26. The molecule has 0 aliphatic rings. The molecule has 0 saturated heterocycles. The first kappa shape index (κ1) is 14.1. The lowest BCUT2D eigenvalue weighted by molar-refractivity contribution is 0.758. The van der Waals surface area contributed by atoms with Crippen molar-refractivity contribution < 1.29 is 0 Å². The van der Waals surface area contributed by atoms with E-state index in [2.05, 4.69) is 36.1 Å². The van der Waals surface area contributed by atoms with Crippen molar-refractivity contribution in [3.8, 4) is 0 Å². The zero-order valence-corrected chi connectivity index (χ0v) is 11.6. The molecule has 0 aliphatic carbocycles. The Morgan fingerprint density at radius 2 is 1.82 bits per heavy atom. The standard InChI is InChI=1S/C15H21NS/c1-3-5-8-13-9-7-11-15(16-12-17)14(13)10-6-4-2/h7,9,11H,3-6,8,10H2,1-2H3. The first-order valence-electron chi connectivity index (χ1n) is 6.52. The summed E-state index contributed by atoms with van der Waals surface area (Å²) in [7, 11) is 0. The molecule has 0 amide bonds. The van der Waals surface area contributed by atoms with Crippen LogP contribution in [0.25, 0.3) is 0 Å². The number of benzene rings is 1. The Labute approximate surface area is 110 Å². The van der Waals surface area contributed by atoms with E-state index in [-0.39, 0.29) is 0 Å². The summed E-state index contributed by atoms with van der Waals surface area (Å²) in [6.45, 7) is 4.45. The van der Waals surface area contributed by atoms with Crippen LogP contribution < -0.4 is 0 Å². The van der Waals surface area contributed by atoms with Crippen LogP contribution in [0.4, 0.5) is 5.69 Å². The third-order valence-electron chi connectivity index (χ3n) is 2.99. The van der Waals surface area contributed by atoms with Crippen molar-refractivity contribution in [2.45, 2.75) is 52.4 Å². The van der Waals surface area contributed by atoms with E-state index in [0.29, 0.717) is 0 Å². The van der Waals surface area contributed by atoms with E-state index in [1.54, 1.807) is 0 Å². The lowest BCUT2D eigenvalue weighted by atomic mass is 9.96. The number of aryl methyl sites for hydroxylation is 1. The van der Waals surface area contributed by atoms with Crippen LogP contribution in [0.3, 0.4) is 0 Å². The van der Waals surface area contributed by atoms with Crippen LogP contribution in [0.1, 0.15) is 50.7 Å². The Balaban J connectivity index is 3.00. The van der Waals surface area contributed by atoms with Crippen molar-refractivity contribution in [2.24, 2.45) is 4.99 Å². The lowest BCUT2D eigenvalue weighted by Crippen LogP contribution is -1.95. The van der Waals surface area contributed by atoms with Gasteiger partial charge in [-0.25, -0.2) is 0 Å². The second-order valence-electron chi connectivity index (χ2n) is 4.33. The summed E-state index contributed by atoms with van der Waals surface area (Å²) in [4.78, 5) is 4.19. The van der Waals surface area contributed by atoms with Crippen molar-refractivity contribution in [2.75, 3.05) is 0 Å². The number of isothiocyanates is 1. The zero-order valence-electron chi connectivity index (χ0n) is 10.8. The Morgan fingerprint density at radius 3 is 2.47 bits per heavy atom. The van der Waals surface area contributed by atoms with Gasteiger partial charge < -0.3 is 0 Å². The smallest absolute Gasteiger partial charge is 0.0774 e. The van der Waals surface area contributed by atoms with E-state index >= 15 is 0 Å². The third-order valence-corrected chi connectivity index (χ3v) is 3.09. The molecule has 0 bridgehead atoms. The van der Waals surface area contributed by atoms with Crippen LogP contribution in [0.15, 0.2) is 23.2 Å². The Kier molecular flexibility index (Phi) is 6.76. The molecule has 0 atom stereocenters. The molecule has 1 nitrogen and oxygen atoms in total. The Bertz CT molecular complexity index is 392. The first-order valence-corrected chi connectivity index (χ1v) is 6.92. The quantitative estimate of drug-likeness (QED) is 0.482. The lowest BCUT2D eigenvalue weighted by Gasteiger charge is -2.11. The molecule has 0 fully saturated rings. The minimum Gasteiger partial charge on any atom is -0.194 e. The summed E-state index contributed by atoms with van der Waals surface area (Å²) >= 11 is 4.72. The van der Waals surface area contributed by atoms with Gasteiger partial charge in [-0.3, -0.25) is 0 Å². The fourth-order valence-electron chi connectivity index (χ4n) is 2.02. The summed E-state index contributed by atoms with van der Waals surface area (Å²) in [5.74, 6) is 0. The minimum absolute atomic E-state index is 1.02. The molecule has 1 rings (SSSR count). The van der Waals surface area contributed by atoms with Gasteiger partial charge in [-0.15, -0.1) is 0 Å². The summed E-state index contributed by atoms with van der Waals surface area (Å²) in [5.41, 5.74) is 3.83. The van der Waals surface area contributed by atoms with E-state index in [1.165, 1.54) is 36.8 Å². The molecule has 0 heterocycles. The van der Waals surface area contributed by atoms with Crippen molar-refractivity contribution in [3.05, 3.63) is 29.3 Å². The molecule has 0 saturated carbocycles. The third kappa shape index (κ3) is 4.41. The monoisotopic (exact) mass is 247 g/mol. The minimum atomic E-state index is 1.02. The summed E-state index contributed by atoms with van der Waals surface area (Å²) in [6.07, 6.45) is 7.15. The molecule has 0 aromatic heterocycles. The molecule has 0 spiro atoms. The SMILES string of the molecule is CCCCc1cccc(N=C=S)c1CCCC. The van der Waals surface area contributed by atoms with Crippen molar-refractivity contribution in [3.63, 3.8) is 0 Å². The number of thiocarbonyl (C=S) groups is 1. The van der Waals surface area contributed by atoms with Gasteiger partial charge in [0.15, 0.2) is 0 Å². The van der Waals surface area contributed by atoms with Gasteiger partial charge in [-0.1, -0.05) is 38.8 Å². The maximum atomic E-state index is 4.72. The predicted octanol–water partition coefficient (Wildman–Crippen LogP) is 5.11. The molecule has 0 aliphatic heterocycles. The van der Waals surface area contributed by atoms with E-state index in [1.807, 2.05) is 6.07 Å². The Morgan fingerprint density at radius 1 is 1.12 bits per heavy atom. The van der Waals surface area contributed by atoms with Gasteiger partial charge in [0.25, 0.3) is 0 Å². The average Bonchev–Trinajstić information content (AvgIpc) is 2.35. The molecule has 2 heteroatoms. The van der Waals surface area contributed by atoms with Crippen molar-refractivity contribution in [1.82, 2.24) is 0 Å². The normalized spacial score (nSPS) is 10.0. The van der Waals surface area contributed by atoms with Crippen LogP contribution in [0.5, 0.6) is 0 Å². The van der Waals surface area contributed by atoms with Gasteiger partial charge in [-0.05, 0) is 55.1 Å². The van der Waals surface area contributed by atoms with Gasteiger partial charge in [0.1, 0.15) is 0 Å². The summed E-state index contributed by atoms with van der Waals surface area (Å²) < 4.78 is 0. The van der Waals surface area contributed by atoms with Gasteiger partial charge >= 0.3 is 0 Å². The van der Waals surface area contributed by atoms with E-state index in [4.69, 9.17) is 12.2 Å². The number of hydrogen-bond donors (Lipinski definition) is 0. The highest BCUT2D eigenvalue weighted by atomic mass is 32.1. The molecule has 0 radical (unpaired) electrons. The van der Waals surface area contributed by atoms with Crippen molar-refractivity contribution >= 4 is 23.1 Å². The fourth-order valence-corrected chi connectivity index (χ4v) is 2.12. The van der Waals surface area contributed by atoms with Crippen LogP contribution in [0.2, 0.25) is 0 Å². The molecule has 17 heavy (non-hydrogen) atoms. The maximum absolute atomic E-state index is 4.72. The predicted molar refractivity (Wildman–Crippen MR) is 78.4 cm³/mol. The number of rotatable bonds is 7. The maximum Gasteiger partial charge on any atom is 0.0774 e. The molecule has 1 aromatic rings. The highest BCUT2D eigenvalue weighted by Gasteiger charge is 2.06. The fraction of sp³-hybridized carbons (Fsp3) is 0.533. The second-order valence-corrected chi connectivity index (χ2v) is 4.51. The van der Waals surface area contributed by atoms with Gasteiger partial charge in [0.2, 0.25) is 0 Å². The number of hydrogen-bond acceptors (Lipinski definition) is 2. The van der Waals surface area contributed by atoms with Crippen molar-refractivity contribution in [1.29, 1.82) is 0 Å². The largest absolute Gasteiger partial charge is 0.194 e. The van der Waals surface area contributed by atoms with Gasteiger partial charge in [0, 0.05) is 0 Å². The first-order chi connectivity index (χ1) is 8.33. The van der Waals surface area contributed by atoms with Crippen LogP contribution in [-0.4, -0.2) is 5.16 Å². The van der Waals surface area contributed by atoms with E-state index in [9.17, 15) is 0 Å². The molecule has 1 aromatic carbocycles. The molecule has 0 N–H and O–H groups in total. The highest BCUT2D eigenvalue weighted by molar-refractivity contribution is 7.78.